The lowest BCUT2D eigenvalue weighted by atomic mass is 10.2. The Labute approximate surface area is 96.2 Å². The summed E-state index contributed by atoms with van der Waals surface area (Å²) in [5, 5.41) is 8.94. The molecule has 1 N–H and O–H groups in total. The van der Waals surface area contributed by atoms with Gasteiger partial charge in [-0.2, -0.15) is 13.2 Å². The summed E-state index contributed by atoms with van der Waals surface area (Å²) in [6, 6.07) is 3.10. The minimum absolute atomic E-state index is 0.150. The van der Waals surface area contributed by atoms with Crippen LogP contribution in [0.4, 0.5) is 18.9 Å². The van der Waals surface area contributed by atoms with Crippen molar-refractivity contribution in [3.63, 3.8) is 0 Å². The summed E-state index contributed by atoms with van der Waals surface area (Å²) in [4.78, 5) is 1.47. The molecule has 0 saturated carbocycles. The highest BCUT2D eigenvalue weighted by molar-refractivity contribution is 6.33. The lowest BCUT2D eigenvalue weighted by Crippen LogP contribution is -2.22. The maximum atomic E-state index is 12.4. The van der Waals surface area contributed by atoms with Crippen LogP contribution in [0.3, 0.4) is 0 Å². The highest BCUT2D eigenvalue weighted by Gasteiger charge is 2.31. The molecule has 16 heavy (non-hydrogen) atoms. The van der Waals surface area contributed by atoms with Crippen LogP contribution in [0.15, 0.2) is 18.2 Å². The Hall–Kier alpha value is -0.940. The van der Waals surface area contributed by atoms with Crippen molar-refractivity contribution >= 4 is 17.3 Å². The Morgan fingerprint density at radius 2 is 2.00 bits per heavy atom. The van der Waals surface area contributed by atoms with Gasteiger partial charge in [0, 0.05) is 13.6 Å². The molecule has 0 saturated heterocycles. The van der Waals surface area contributed by atoms with Gasteiger partial charge in [0.05, 0.1) is 22.9 Å². The molecule has 90 valence electrons. The van der Waals surface area contributed by atoms with Crippen LogP contribution in [0.5, 0.6) is 0 Å². The van der Waals surface area contributed by atoms with Crippen molar-refractivity contribution in [2.45, 2.75) is 6.18 Å². The molecule has 1 rings (SSSR count). The number of likely N-dealkylation sites (N-methyl/N-ethyl adjacent to an activating group) is 1. The fourth-order valence-corrected chi connectivity index (χ4v) is 1.51. The standard InChI is InChI=1S/C10H11ClF3NO/c1-15(4-5-16)9-6-7(10(12,13)14)2-3-8(9)11/h2-3,6,16H,4-5H2,1H3. The van der Waals surface area contributed by atoms with Crippen LogP contribution in [0.25, 0.3) is 0 Å². The third kappa shape index (κ3) is 3.02. The molecule has 6 heteroatoms. The Morgan fingerprint density at radius 1 is 1.38 bits per heavy atom. The van der Waals surface area contributed by atoms with E-state index in [9.17, 15) is 13.2 Å². The molecule has 0 bridgehead atoms. The second-order valence-corrected chi connectivity index (χ2v) is 3.72. The average Bonchev–Trinajstić information content (AvgIpc) is 2.16. The van der Waals surface area contributed by atoms with E-state index in [1.807, 2.05) is 0 Å². The van der Waals surface area contributed by atoms with Crippen LogP contribution in [-0.2, 0) is 6.18 Å². The number of rotatable bonds is 3. The molecule has 1 aromatic rings. The molecule has 0 aromatic heterocycles. The summed E-state index contributed by atoms with van der Waals surface area (Å²) in [7, 11) is 1.57. The summed E-state index contributed by atoms with van der Waals surface area (Å²) < 4.78 is 37.3. The van der Waals surface area contributed by atoms with E-state index in [0.29, 0.717) is 0 Å². The summed E-state index contributed by atoms with van der Waals surface area (Å²) in [5.41, 5.74) is -0.498. The molecule has 0 aliphatic heterocycles. The van der Waals surface area contributed by atoms with Gasteiger partial charge in [0.2, 0.25) is 0 Å². The normalized spacial score (nSPS) is 11.6. The van der Waals surface area contributed by atoms with Crippen LogP contribution in [-0.4, -0.2) is 25.3 Å². The van der Waals surface area contributed by atoms with Crippen LogP contribution in [0.1, 0.15) is 5.56 Å². The quantitative estimate of drug-likeness (QED) is 0.895. The number of hydrogen-bond acceptors (Lipinski definition) is 2. The highest BCUT2D eigenvalue weighted by atomic mass is 35.5. The lowest BCUT2D eigenvalue weighted by Gasteiger charge is -2.20. The van der Waals surface area contributed by atoms with Gasteiger partial charge in [-0.1, -0.05) is 11.6 Å². The minimum Gasteiger partial charge on any atom is -0.395 e. The fraction of sp³-hybridized carbons (Fsp3) is 0.400. The first-order valence-corrected chi connectivity index (χ1v) is 4.93. The zero-order chi connectivity index (χ0) is 12.3. The van der Waals surface area contributed by atoms with E-state index < -0.39 is 11.7 Å². The van der Waals surface area contributed by atoms with Gasteiger partial charge >= 0.3 is 6.18 Å². The van der Waals surface area contributed by atoms with E-state index in [2.05, 4.69) is 0 Å². The molecule has 0 aliphatic rings. The van der Waals surface area contributed by atoms with Gasteiger partial charge in [0.15, 0.2) is 0 Å². The molecule has 1 aromatic carbocycles. The smallest absolute Gasteiger partial charge is 0.395 e. The summed E-state index contributed by atoms with van der Waals surface area (Å²) in [6.07, 6.45) is -4.39. The van der Waals surface area contributed by atoms with E-state index in [0.717, 1.165) is 12.1 Å². The van der Waals surface area contributed by atoms with Gasteiger partial charge in [-0.25, -0.2) is 0 Å². The molecule has 0 aliphatic carbocycles. The zero-order valence-corrected chi connectivity index (χ0v) is 9.31. The van der Waals surface area contributed by atoms with Crippen molar-refractivity contribution in [3.05, 3.63) is 28.8 Å². The van der Waals surface area contributed by atoms with E-state index in [1.54, 1.807) is 7.05 Å². The Morgan fingerprint density at radius 3 is 2.50 bits per heavy atom. The predicted molar refractivity (Wildman–Crippen MR) is 56.8 cm³/mol. The Bertz CT molecular complexity index is 368. The molecule has 0 heterocycles. The third-order valence-corrected chi connectivity index (χ3v) is 2.44. The zero-order valence-electron chi connectivity index (χ0n) is 8.55. The fourth-order valence-electron chi connectivity index (χ4n) is 1.25. The maximum Gasteiger partial charge on any atom is 0.416 e. The van der Waals surface area contributed by atoms with Crippen molar-refractivity contribution in [2.24, 2.45) is 0 Å². The SMILES string of the molecule is CN(CCO)c1cc(C(F)(F)F)ccc1Cl. The van der Waals surface area contributed by atoms with Gasteiger partial charge < -0.3 is 10.0 Å². The van der Waals surface area contributed by atoms with Gasteiger partial charge in [-0.3, -0.25) is 0 Å². The molecular weight excluding hydrogens is 243 g/mol. The van der Waals surface area contributed by atoms with Crippen molar-refractivity contribution in [3.8, 4) is 0 Å². The number of anilines is 1. The van der Waals surface area contributed by atoms with Crippen LogP contribution in [0, 0.1) is 0 Å². The molecule has 0 fully saturated rings. The van der Waals surface area contributed by atoms with Crippen molar-refractivity contribution in [2.75, 3.05) is 25.1 Å². The first kappa shape index (κ1) is 13.1. The summed E-state index contributed by atoms with van der Waals surface area (Å²) in [5.74, 6) is 0. The van der Waals surface area contributed by atoms with E-state index in [1.165, 1.54) is 11.0 Å². The number of halogens is 4. The highest BCUT2D eigenvalue weighted by Crippen LogP contribution is 2.34. The monoisotopic (exact) mass is 253 g/mol. The largest absolute Gasteiger partial charge is 0.416 e. The van der Waals surface area contributed by atoms with E-state index >= 15 is 0 Å². The number of hydrogen-bond donors (Lipinski definition) is 1. The molecule has 0 unspecified atom stereocenters. The number of alkyl halides is 3. The van der Waals surface area contributed by atoms with Crippen LogP contribution in [0.2, 0.25) is 5.02 Å². The van der Waals surface area contributed by atoms with Gasteiger partial charge in [0.25, 0.3) is 0 Å². The second kappa shape index (κ2) is 4.93. The van der Waals surface area contributed by atoms with Crippen molar-refractivity contribution in [1.82, 2.24) is 0 Å². The molecule has 0 amide bonds. The number of benzene rings is 1. The van der Waals surface area contributed by atoms with Gasteiger partial charge in [0.1, 0.15) is 0 Å². The number of aliphatic hydroxyl groups is 1. The lowest BCUT2D eigenvalue weighted by molar-refractivity contribution is -0.137. The van der Waals surface area contributed by atoms with Gasteiger partial charge in [-0.05, 0) is 18.2 Å². The minimum atomic E-state index is -4.39. The molecule has 0 spiro atoms. The van der Waals surface area contributed by atoms with Crippen LogP contribution < -0.4 is 4.90 Å². The molecule has 0 atom stereocenters. The van der Waals surface area contributed by atoms with E-state index in [-0.39, 0.29) is 23.9 Å². The topological polar surface area (TPSA) is 23.5 Å². The third-order valence-electron chi connectivity index (χ3n) is 2.12. The predicted octanol–water partition coefficient (Wildman–Crippen LogP) is 2.79. The maximum absolute atomic E-state index is 12.4. The summed E-state index contributed by atoms with van der Waals surface area (Å²) in [6.45, 7) is 0.0735. The number of nitrogens with zero attached hydrogens (tertiary/aromatic N) is 1. The van der Waals surface area contributed by atoms with Crippen molar-refractivity contribution in [1.29, 1.82) is 0 Å². The van der Waals surface area contributed by atoms with Crippen LogP contribution >= 0.6 is 11.6 Å². The van der Waals surface area contributed by atoms with Gasteiger partial charge in [-0.15, -0.1) is 0 Å². The average molecular weight is 254 g/mol. The first-order chi connectivity index (χ1) is 7.36. The summed E-state index contributed by atoms with van der Waals surface area (Å²) >= 11 is 5.79. The number of aliphatic hydroxyl groups excluding tert-OH is 1. The molecule has 0 radical (unpaired) electrons. The first-order valence-electron chi connectivity index (χ1n) is 4.55. The second-order valence-electron chi connectivity index (χ2n) is 3.31. The Kier molecular flexibility index (Phi) is 4.04. The molecule has 2 nitrogen and oxygen atoms in total. The Balaban J connectivity index is 3.09. The van der Waals surface area contributed by atoms with E-state index in [4.69, 9.17) is 16.7 Å². The van der Waals surface area contributed by atoms with Crippen molar-refractivity contribution < 1.29 is 18.3 Å². The molecular formula is C10H11ClF3NO.